The molecule has 26 heavy (non-hydrogen) atoms. The first-order valence-corrected chi connectivity index (χ1v) is 9.82. The van der Waals surface area contributed by atoms with Crippen LogP contribution in [0.5, 0.6) is 11.5 Å². The Labute approximate surface area is 152 Å². The number of nitrogens with one attached hydrogen (secondary N) is 1. The van der Waals surface area contributed by atoms with Crippen molar-refractivity contribution in [3.05, 3.63) is 48.0 Å². The molecule has 0 saturated heterocycles. The molecule has 136 valence electrons. The van der Waals surface area contributed by atoms with Crippen molar-refractivity contribution in [3.8, 4) is 22.8 Å². The standard InChI is InChI=1S/C19H20N2O4S/c1-12-10-16(19-17(24-2)6-5-7-18(19)25-3)20-15-9-8-13(11-14(12)15)21-26(4,22)23/h5-11,21H,1-4H3. The Balaban J connectivity index is 2.18. The highest BCUT2D eigenvalue weighted by molar-refractivity contribution is 7.92. The van der Waals surface area contributed by atoms with Crippen molar-refractivity contribution in [1.82, 2.24) is 4.98 Å². The van der Waals surface area contributed by atoms with Crippen LogP contribution in [0, 0.1) is 6.92 Å². The van der Waals surface area contributed by atoms with E-state index >= 15 is 0 Å². The van der Waals surface area contributed by atoms with E-state index in [9.17, 15) is 8.42 Å². The minimum Gasteiger partial charge on any atom is -0.496 e. The highest BCUT2D eigenvalue weighted by atomic mass is 32.2. The molecule has 0 unspecified atom stereocenters. The summed E-state index contributed by atoms with van der Waals surface area (Å²) in [5, 5.41) is 0.872. The molecule has 7 heteroatoms. The number of pyridine rings is 1. The van der Waals surface area contributed by atoms with Crippen molar-refractivity contribution in [2.24, 2.45) is 0 Å². The van der Waals surface area contributed by atoms with Gasteiger partial charge in [0.1, 0.15) is 11.5 Å². The topological polar surface area (TPSA) is 77.5 Å². The van der Waals surface area contributed by atoms with E-state index in [0.717, 1.165) is 34.0 Å². The van der Waals surface area contributed by atoms with Crippen molar-refractivity contribution in [2.75, 3.05) is 25.2 Å². The summed E-state index contributed by atoms with van der Waals surface area (Å²) in [6.45, 7) is 1.96. The number of rotatable bonds is 5. The average Bonchev–Trinajstić information content (AvgIpc) is 2.60. The van der Waals surface area contributed by atoms with Crippen LogP contribution in [0.25, 0.3) is 22.2 Å². The molecule has 0 aliphatic rings. The Bertz CT molecular complexity index is 1060. The van der Waals surface area contributed by atoms with Gasteiger partial charge in [0.15, 0.2) is 0 Å². The van der Waals surface area contributed by atoms with Crippen molar-refractivity contribution in [1.29, 1.82) is 0 Å². The first kappa shape index (κ1) is 18.0. The number of aromatic nitrogens is 1. The van der Waals surface area contributed by atoms with E-state index in [2.05, 4.69) is 4.72 Å². The number of benzene rings is 2. The number of nitrogens with zero attached hydrogens (tertiary/aromatic N) is 1. The lowest BCUT2D eigenvalue weighted by Gasteiger charge is -2.14. The van der Waals surface area contributed by atoms with Crippen LogP contribution >= 0.6 is 0 Å². The highest BCUT2D eigenvalue weighted by Gasteiger charge is 2.15. The first-order valence-electron chi connectivity index (χ1n) is 7.93. The molecule has 2 aromatic carbocycles. The fourth-order valence-electron chi connectivity index (χ4n) is 2.90. The number of ether oxygens (including phenoxy) is 2. The summed E-state index contributed by atoms with van der Waals surface area (Å²) in [6.07, 6.45) is 1.12. The molecular weight excluding hydrogens is 352 g/mol. The fraction of sp³-hybridized carbons (Fsp3) is 0.211. The van der Waals surface area contributed by atoms with E-state index in [-0.39, 0.29) is 0 Å². The Kier molecular flexibility index (Phi) is 4.73. The quantitative estimate of drug-likeness (QED) is 0.740. The zero-order valence-electron chi connectivity index (χ0n) is 15.0. The van der Waals surface area contributed by atoms with Crippen LogP contribution in [-0.2, 0) is 10.0 Å². The third-order valence-electron chi connectivity index (χ3n) is 4.00. The monoisotopic (exact) mass is 372 g/mol. The van der Waals surface area contributed by atoms with Crippen LogP contribution in [0.2, 0.25) is 0 Å². The van der Waals surface area contributed by atoms with Gasteiger partial charge in [-0.2, -0.15) is 0 Å². The summed E-state index contributed by atoms with van der Waals surface area (Å²) < 4.78 is 36.3. The number of aryl methyl sites for hydroxylation is 1. The summed E-state index contributed by atoms with van der Waals surface area (Å²) in [7, 11) is -0.118. The molecule has 0 radical (unpaired) electrons. The lowest BCUT2D eigenvalue weighted by atomic mass is 10.0. The predicted molar refractivity (Wildman–Crippen MR) is 103 cm³/mol. The maximum atomic E-state index is 11.4. The van der Waals surface area contributed by atoms with E-state index in [1.54, 1.807) is 32.4 Å². The van der Waals surface area contributed by atoms with E-state index in [1.807, 2.05) is 31.2 Å². The van der Waals surface area contributed by atoms with Gasteiger partial charge in [-0.25, -0.2) is 13.4 Å². The zero-order chi connectivity index (χ0) is 18.9. The van der Waals surface area contributed by atoms with Gasteiger partial charge in [0.05, 0.1) is 37.2 Å². The maximum Gasteiger partial charge on any atom is 0.229 e. The average molecular weight is 372 g/mol. The van der Waals surface area contributed by atoms with Gasteiger partial charge in [-0.05, 0) is 48.9 Å². The van der Waals surface area contributed by atoms with Crippen LogP contribution in [0.3, 0.4) is 0 Å². The molecule has 0 bridgehead atoms. The minimum absolute atomic E-state index is 0.507. The van der Waals surface area contributed by atoms with Gasteiger partial charge < -0.3 is 9.47 Å². The smallest absolute Gasteiger partial charge is 0.229 e. The molecule has 0 atom stereocenters. The summed E-state index contributed by atoms with van der Waals surface area (Å²) in [6, 6.07) is 12.8. The molecule has 3 rings (SSSR count). The molecule has 0 aliphatic heterocycles. The van der Waals surface area contributed by atoms with Crippen molar-refractivity contribution < 1.29 is 17.9 Å². The SMILES string of the molecule is COc1cccc(OC)c1-c1cc(C)c2cc(NS(C)(=O)=O)ccc2n1. The molecule has 0 fully saturated rings. The van der Waals surface area contributed by atoms with Gasteiger partial charge in [-0.3, -0.25) is 4.72 Å². The van der Waals surface area contributed by atoms with Crippen LogP contribution in [0.15, 0.2) is 42.5 Å². The first-order chi connectivity index (χ1) is 12.3. The van der Waals surface area contributed by atoms with E-state index in [1.165, 1.54) is 0 Å². The number of hydrogen-bond donors (Lipinski definition) is 1. The van der Waals surface area contributed by atoms with Gasteiger partial charge in [0.2, 0.25) is 10.0 Å². The van der Waals surface area contributed by atoms with Gasteiger partial charge in [-0.15, -0.1) is 0 Å². The summed E-state index contributed by atoms with van der Waals surface area (Å²) in [4.78, 5) is 4.72. The molecule has 3 aromatic rings. The maximum absolute atomic E-state index is 11.4. The van der Waals surface area contributed by atoms with Crippen molar-refractivity contribution >= 4 is 26.6 Å². The van der Waals surface area contributed by atoms with Crippen LogP contribution in [0.4, 0.5) is 5.69 Å². The van der Waals surface area contributed by atoms with Gasteiger partial charge in [0.25, 0.3) is 0 Å². The van der Waals surface area contributed by atoms with Crippen molar-refractivity contribution in [2.45, 2.75) is 6.92 Å². The molecule has 1 N–H and O–H groups in total. The van der Waals surface area contributed by atoms with E-state index < -0.39 is 10.0 Å². The Hall–Kier alpha value is -2.80. The molecule has 1 aromatic heterocycles. The lowest BCUT2D eigenvalue weighted by molar-refractivity contribution is 0.397. The number of sulfonamides is 1. The van der Waals surface area contributed by atoms with Crippen LogP contribution in [0.1, 0.15) is 5.56 Å². The normalized spacial score (nSPS) is 11.4. The molecule has 0 saturated carbocycles. The second kappa shape index (κ2) is 6.84. The molecule has 0 aliphatic carbocycles. The van der Waals surface area contributed by atoms with E-state index in [4.69, 9.17) is 14.5 Å². The van der Waals surface area contributed by atoms with Crippen LogP contribution < -0.4 is 14.2 Å². The minimum atomic E-state index is -3.33. The second-order valence-corrected chi connectivity index (χ2v) is 7.72. The molecule has 0 spiro atoms. The molecule has 6 nitrogen and oxygen atoms in total. The third-order valence-corrected chi connectivity index (χ3v) is 4.61. The molecule has 0 amide bonds. The number of methoxy groups -OCH3 is 2. The Morgan fingerprint density at radius 1 is 1.00 bits per heavy atom. The predicted octanol–water partition coefficient (Wildman–Crippen LogP) is 3.60. The van der Waals surface area contributed by atoms with Crippen molar-refractivity contribution in [3.63, 3.8) is 0 Å². The fourth-order valence-corrected chi connectivity index (χ4v) is 3.46. The zero-order valence-corrected chi connectivity index (χ0v) is 15.8. The Morgan fingerprint density at radius 3 is 2.23 bits per heavy atom. The summed E-state index contributed by atoms with van der Waals surface area (Å²) in [5.74, 6) is 1.34. The number of fused-ring (bicyclic) bond motifs is 1. The van der Waals surface area contributed by atoms with E-state index in [0.29, 0.717) is 17.2 Å². The third kappa shape index (κ3) is 3.57. The number of anilines is 1. The van der Waals surface area contributed by atoms with Crippen LogP contribution in [-0.4, -0.2) is 33.9 Å². The number of hydrogen-bond acceptors (Lipinski definition) is 5. The largest absolute Gasteiger partial charge is 0.496 e. The molecule has 1 heterocycles. The second-order valence-electron chi connectivity index (χ2n) is 5.97. The van der Waals surface area contributed by atoms with Gasteiger partial charge in [-0.1, -0.05) is 6.07 Å². The lowest BCUT2D eigenvalue weighted by Crippen LogP contribution is -2.09. The Morgan fingerprint density at radius 2 is 1.65 bits per heavy atom. The highest BCUT2D eigenvalue weighted by Crippen LogP contribution is 2.38. The van der Waals surface area contributed by atoms with Gasteiger partial charge in [0, 0.05) is 11.1 Å². The van der Waals surface area contributed by atoms with Gasteiger partial charge >= 0.3 is 0 Å². The summed E-state index contributed by atoms with van der Waals surface area (Å²) >= 11 is 0. The molecular formula is C19H20N2O4S. The summed E-state index contributed by atoms with van der Waals surface area (Å²) in [5.41, 5.74) is 3.74.